The molecule has 2 aromatic heterocycles. The van der Waals surface area contributed by atoms with E-state index >= 15 is 0 Å². The first kappa shape index (κ1) is 18.8. The Hall–Kier alpha value is -3.54. The first-order chi connectivity index (χ1) is 14.1. The lowest BCUT2D eigenvalue weighted by atomic mass is 9.99. The molecule has 29 heavy (non-hydrogen) atoms. The average Bonchev–Trinajstić information content (AvgIpc) is 3.35. The minimum atomic E-state index is 0.548. The molecule has 0 atom stereocenters. The predicted octanol–water partition coefficient (Wildman–Crippen LogP) is 5.44. The average molecular weight is 393 g/mol. The third kappa shape index (κ3) is 3.16. The first-order valence-corrected chi connectivity index (χ1v) is 9.16. The van der Waals surface area contributed by atoms with Gasteiger partial charge in [-0.1, -0.05) is 0 Å². The van der Waals surface area contributed by atoms with E-state index < -0.39 is 0 Å². The van der Waals surface area contributed by atoms with Crippen molar-refractivity contribution >= 4 is 10.9 Å². The Bertz CT molecular complexity index is 1150. The van der Waals surface area contributed by atoms with Crippen molar-refractivity contribution in [3.63, 3.8) is 0 Å². The van der Waals surface area contributed by atoms with Gasteiger partial charge in [0, 0.05) is 16.5 Å². The van der Waals surface area contributed by atoms with E-state index in [4.69, 9.17) is 23.4 Å². The van der Waals surface area contributed by atoms with Crippen LogP contribution in [0.2, 0.25) is 0 Å². The number of methoxy groups -OCH3 is 4. The van der Waals surface area contributed by atoms with Gasteiger partial charge in [-0.15, -0.1) is 0 Å². The van der Waals surface area contributed by atoms with Gasteiger partial charge in [0.05, 0.1) is 34.1 Å². The molecule has 0 spiro atoms. The molecular formula is C23H23NO5. The number of benzene rings is 2. The maximum Gasteiger partial charge on any atom is 0.203 e. The Morgan fingerprint density at radius 3 is 2.07 bits per heavy atom. The molecule has 0 aliphatic rings. The molecule has 1 N–H and O–H groups in total. The molecule has 2 aromatic carbocycles. The number of nitrogens with one attached hydrogen (secondary N) is 1. The smallest absolute Gasteiger partial charge is 0.203 e. The molecule has 0 aliphatic heterocycles. The first-order valence-electron chi connectivity index (χ1n) is 9.16. The zero-order valence-electron chi connectivity index (χ0n) is 17.1. The summed E-state index contributed by atoms with van der Waals surface area (Å²) < 4.78 is 28.0. The Labute approximate surface area is 169 Å². The van der Waals surface area contributed by atoms with Gasteiger partial charge >= 0.3 is 0 Å². The second kappa shape index (κ2) is 7.47. The van der Waals surface area contributed by atoms with Crippen molar-refractivity contribution in [2.75, 3.05) is 28.4 Å². The molecule has 0 aliphatic carbocycles. The molecular weight excluding hydrogens is 370 g/mol. The summed E-state index contributed by atoms with van der Waals surface area (Å²) in [5.41, 5.74) is 3.71. The van der Waals surface area contributed by atoms with E-state index in [9.17, 15) is 0 Å². The van der Waals surface area contributed by atoms with E-state index in [1.54, 1.807) is 28.4 Å². The highest BCUT2D eigenvalue weighted by Crippen LogP contribution is 2.46. The van der Waals surface area contributed by atoms with Crippen molar-refractivity contribution < 1.29 is 23.4 Å². The van der Waals surface area contributed by atoms with Crippen molar-refractivity contribution in [1.29, 1.82) is 0 Å². The zero-order chi connectivity index (χ0) is 20.5. The molecule has 6 heteroatoms. The van der Waals surface area contributed by atoms with Crippen LogP contribution in [0.3, 0.4) is 0 Å². The summed E-state index contributed by atoms with van der Waals surface area (Å²) in [4.78, 5) is 3.48. The maximum absolute atomic E-state index is 5.93. The van der Waals surface area contributed by atoms with E-state index in [0.717, 1.165) is 45.0 Å². The number of ether oxygens (including phenoxy) is 4. The summed E-state index contributed by atoms with van der Waals surface area (Å²) in [6.45, 7) is 1.92. The normalized spacial score (nSPS) is 10.9. The maximum atomic E-state index is 5.93. The van der Waals surface area contributed by atoms with Gasteiger partial charge in [-0.2, -0.15) is 0 Å². The third-order valence-electron chi connectivity index (χ3n) is 4.95. The van der Waals surface area contributed by atoms with E-state index in [2.05, 4.69) is 4.98 Å². The van der Waals surface area contributed by atoms with Crippen LogP contribution in [0.15, 0.2) is 46.9 Å². The molecule has 0 radical (unpaired) electrons. The number of aryl methyl sites for hydroxylation is 1. The molecule has 0 saturated carbocycles. The highest BCUT2D eigenvalue weighted by Gasteiger charge is 2.21. The number of aromatic amines is 1. The second-order valence-corrected chi connectivity index (χ2v) is 6.61. The van der Waals surface area contributed by atoms with Gasteiger partial charge in [0.1, 0.15) is 11.5 Å². The standard InChI is InChI=1S/C23H23NO5/c1-13-6-9-18(29-13)22-21(16-12-15(25-2)7-8-17(16)24-22)14-10-19(26-3)23(28-5)20(11-14)27-4/h6-12,24H,1-5H3. The lowest BCUT2D eigenvalue weighted by Crippen LogP contribution is -1.96. The molecule has 0 unspecified atom stereocenters. The molecule has 0 bridgehead atoms. The molecule has 6 nitrogen and oxygen atoms in total. The summed E-state index contributed by atoms with van der Waals surface area (Å²) in [5, 5.41) is 1.00. The van der Waals surface area contributed by atoms with E-state index in [1.165, 1.54) is 0 Å². The molecule has 4 rings (SSSR count). The van der Waals surface area contributed by atoms with Crippen LogP contribution in [0.4, 0.5) is 0 Å². The largest absolute Gasteiger partial charge is 0.497 e. The molecule has 0 saturated heterocycles. The molecule has 0 amide bonds. The van der Waals surface area contributed by atoms with Crippen molar-refractivity contribution in [3.05, 3.63) is 48.2 Å². The van der Waals surface area contributed by atoms with Gasteiger partial charge < -0.3 is 28.3 Å². The topological polar surface area (TPSA) is 65.9 Å². The molecule has 4 aromatic rings. The molecule has 150 valence electrons. The van der Waals surface area contributed by atoms with Crippen LogP contribution in [-0.2, 0) is 0 Å². The lowest BCUT2D eigenvalue weighted by Gasteiger charge is -2.14. The van der Waals surface area contributed by atoms with Gasteiger partial charge in [0.25, 0.3) is 0 Å². The second-order valence-electron chi connectivity index (χ2n) is 6.61. The van der Waals surface area contributed by atoms with Crippen LogP contribution in [0.5, 0.6) is 23.0 Å². The highest BCUT2D eigenvalue weighted by atomic mass is 16.5. The number of aromatic nitrogens is 1. The minimum absolute atomic E-state index is 0.548. The van der Waals surface area contributed by atoms with E-state index in [1.807, 2.05) is 49.4 Å². The van der Waals surface area contributed by atoms with Gasteiger partial charge in [0.15, 0.2) is 17.3 Å². The number of hydrogen-bond acceptors (Lipinski definition) is 5. The Kier molecular flexibility index (Phi) is 4.84. The number of furan rings is 1. The number of fused-ring (bicyclic) bond motifs is 1. The van der Waals surface area contributed by atoms with Crippen molar-refractivity contribution in [2.24, 2.45) is 0 Å². The molecule has 2 heterocycles. The Morgan fingerprint density at radius 1 is 0.793 bits per heavy atom. The summed E-state index contributed by atoms with van der Waals surface area (Å²) >= 11 is 0. The number of hydrogen-bond donors (Lipinski definition) is 1. The third-order valence-corrected chi connectivity index (χ3v) is 4.95. The Balaban J connectivity index is 2.06. The fourth-order valence-electron chi connectivity index (χ4n) is 3.58. The quantitative estimate of drug-likeness (QED) is 0.473. The van der Waals surface area contributed by atoms with Crippen LogP contribution in [0.1, 0.15) is 5.76 Å². The van der Waals surface area contributed by atoms with Crippen LogP contribution in [-0.4, -0.2) is 33.4 Å². The highest BCUT2D eigenvalue weighted by molar-refractivity contribution is 6.04. The fourth-order valence-corrected chi connectivity index (χ4v) is 3.58. The predicted molar refractivity (Wildman–Crippen MR) is 112 cm³/mol. The molecule has 0 fully saturated rings. The zero-order valence-corrected chi connectivity index (χ0v) is 17.1. The van der Waals surface area contributed by atoms with Crippen LogP contribution in [0, 0.1) is 6.92 Å². The van der Waals surface area contributed by atoms with Gasteiger partial charge in [-0.3, -0.25) is 0 Å². The van der Waals surface area contributed by atoms with Crippen molar-refractivity contribution in [3.8, 4) is 45.6 Å². The van der Waals surface area contributed by atoms with E-state index in [-0.39, 0.29) is 0 Å². The number of H-pyrrole nitrogens is 1. The summed E-state index contributed by atoms with van der Waals surface area (Å²) in [6.07, 6.45) is 0. The monoisotopic (exact) mass is 393 g/mol. The summed E-state index contributed by atoms with van der Waals surface area (Å²) in [5.74, 6) is 4.08. The van der Waals surface area contributed by atoms with Gasteiger partial charge in [-0.25, -0.2) is 0 Å². The minimum Gasteiger partial charge on any atom is -0.497 e. The van der Waals surface area contributed by atoms with E-state index in [0.29, 0.717) is 17.2 Å². The van der Waals surface area contributed by atoms with Crippen molar-refractivity contribution in [2.45, 2.75) is 6.92 Å². The lowest BCUT2D eigenvalue weighted by molar-refractivity contribution is 0.324. The number of rotatable bonds is 6. The van der Waals surface area contributed by atoms with Crippen LogP contribution >= 0.6 is 0 Å². The van der Waals surface area contributed by atoms with Gasteiger partial charge in [0.2, 0.25) is 5.75 Å². The summed E-state index contributed by atoms with van der Waals surface area (Å²) in [7, 11) is 6.46. The van der Waals surface area contributed by atoms with Crippen molar-refractivity contribution in [1.82, 2.24) is 4.98 Å². The van der Waals surface area contributed by atoms with Gasteiger partial charge in [-0.05, 0) is 55.0 Å². The fraction of sp³-hybridized carbons (Fsp3) is 0.217. The van der Waals surface area contributed by atoms with Crippen LogP contribution in [0.25, 0.3) is 33.5 Å². The SMILES string of the molecule is COc1ccc2[nH]c(-c3ccc(C)o3)c(-c3cc(OC)c(OC)c(OC)c3)c2c1. The summed E-state index contributed by atoms with van der Waals surface area (Å²) in [6, 6.07) is 13.7. The Morgan fingerprint density at radius 2 is 1.52 bits per heavy atom. The van der Waals surface area contributed by atoms with Crippen LogP contribution < -0.4 is 18.9 Å².